The number of hydrogen-bond donors (Lipinski definition) is 2. The van der Waals surface area contributed by atoms with Gasteiger partial charge in [0.15, 0.2) is 6.61 Å². The lowest BCUT2D eigenvalue weighted by Gasteiger charge is -2.25. The van der Waals surface area contributed by atoms with Crippen LogP contribution in [0.5, 0.6) is 0 Å². The molecule has 1 amide bonds. The van der Waals surface area contributed by atoms with Crippen LogP contribution in [0.4, 0.5) is 0 Å². The molecule has 0 unspecified atom stereocenters. The summed E-state index contributed by atoms with van der Waals surface area (Å²) in [5.41, 5.74) is 1.04. The minimum Gasteiger partial charge on any atom is -1.00 e. The molecule has 0 aromatic carbocycles. The number of morpholine rings is 1. The molecule has 9 heteroatoms. The Morgan fingerprint density at radius 1 is 1.40 bits per heavy atom. The smallest absolute Gasteiger partial charge is 0.255 e. The second-order valence-electron chi connectivity index (χ2n) is 2.57. The molecule has 1 rings (SSSR count). The van der Waals surface area contributed by atoms with Crippen molar-refractivity contribution in [2.75, 3.05) is 32.9 Å². The zero-order valence-electron chi connectivity index (χ0n) is 8.16. The maximum Gasteiger partial charge on any atom is 0.255 e. The van der Waals surface area contributed by atoms with E-state index in [9.17, 15) is 4.79 Å². The molecular formula is C6H15Cl2N3O4. The summed E-state index contributed by atoms with van der Waals surface area (Å²) in [5, 5.41) is 0. The Morgan fingerprint density at radius 2 is 2.00 bits per heavy atom. The number of nitrogens with two attached hydrogens (primary N) is 1. The van der Waals surface area contributed by atoms with Crippen molar-refractivity contribution >= 4 is 5.91 Å². The van der Waals surface area contributed by atoms with E-state index >= 15 is 0 Å². The minimum absolute atomic E-state index is 0. The van der Waals surface area contributed by atoms with Crippen molar-refractivity contribution in [1.82, 2.24) is 4.90 Å². The zero-order chi connectivity index (χ0) is 9.52. The molecule has 15 heavy (non-hydrogen) atoms. The summed E-state index contributed by atoms with van der Waals surface area (Å²) < 4.78 is 5.10. The molecule has 1 fully saturated rings. The molecular weight excluding hydrogens is 249 g/mol. The van der Waals surface area contributed by atoms with E-state index in [-0.39, 0.29) is 37.3 Å². The molecule has 5 N–H and O–H groups in total. The van der Waals surface area contributed by atoms with Gasteiger partial charge < -0.3 is 34.5 Å². The Labute approximate surface area is 99.9 Å². The number of carbonyl (C=O) groups excluding carboxylic acids is 1. The molecule has 0 spiro atoms. The van der Waals surface area contributed by atoms with E-state index in [2.05, 4.69) is 10.8 Å². The Balaban J connectivity index is 0. The number of carbonyl (C=O) groups is 1. The number of quaternary nitrogens is 2. The topological polar surface area (TPSA) is 92.2 Å². The largest absolute Gasteiger partial charge is 1.00 e. The van der Waals surface area contributed by atoms with Crippen molar-refractivity contribution < 1.29 is 55.7 Å². The van der Waals surface area contributed by atoms with Gasteiger partial charge in [-0.2, -0.15) is 10.7 Å². The first-order chi connectivity index (χ1) is 6.34. The van der Waals surface area contributed by atoms with Crippen LogP contribution in [0.3, 0.4) is 0 Å². The molecule has 1 heterocycles. The lowest BCUT2D eigenvalue weighted by Crippen LogP contribution is -3.00. The highest BCUT2D eigenvalue weighted by atomic mass is 35.5. The number of nitrogens with zero attached hydrogens (tertiary/aromatic N) is 1. The van der Waals surface area contributed by atoms with Crippen LogP contribution in [-0.2, 0) is 19.3 Å². The maximum atomic E-state index is 11.3. The van der Waals surface area contributed by atoms with Crippen molar-refractivity contribution in [2.24, 2.45) is 0 Å². The van der Waals surface area contributed by atoms with Crippen molar-refractivity contribution in [1.29, 1.82) is 0 Å². The average Bonchev–Trinajstić information content (AvgIpc) is 2.19. The lowest BCUT2D eigenvalue weighted by atomic mass is 10.4. The summed E-state index contributed by atoms with van der Waals surface area (Å²) in [4.78, 5) is 22.1. The normalized spacial score (nSPS) is 15.1. The summed E-state index contributed by atoms with van der Waals surface area (Å²) >= 11 is 0. The van der Waals surface area contributed by atoms with Gasteiger partial charge in [-0.1, -0.05) is 0 Å². The van der Waals surface area contributed by atoms with Crippen molar-refractivity contribution in [3.8, 4) is 0 Å². The van der Waals surface area contributed by atoms with Crippen molar-refractivity contribution in [2.45, 2.75) is 0 Å². The van der Waals surface area contributed by atoms with Gasteiger partial charge in [-0.15, -0.1) is 0 Å². The van der Waals surface area contributed by atoms with Crippen LogP contribution in [0.25, 0.3) is 0 Å². The highest BCUT2D eigenvalue weighted by molar-refractivity contribution is 5.77. The molecule has 92 valence electrons. The van der Waals surface area contributed by atoms with Gasteiger partial charge in [-0.05, 0) is 5.64 Å². The number of ether oxygens (including phenoxy) is 1. The highest BCUT2D eigenvalue weighted by Gasteiger charge is 2.17. The molecule has 0 bridgehead atoms. The Morgan fingerprint density at radius 3 is 2.53 bits per heavy atom. The predicted octanol–water partition coefficient (Wildman–Crippen LogP) is -9.56. The predicted molar refractivity (Wildman–Crippen MR) is 39.2 cm³/mol. The molecule has 1 aliphatic heterocycles. The zero-order valence-corrected chi connectivity index (χ0v) is 9.67. The monoisotopic (exact) mass is 263 g/mol. The third-order valence-corrected chi connectivity index (χ3v) is 1.71. The van der Waals surface area contributed by atoms with E-state index in [1.807, 2.05) is 0 Å². The molecule has 7 nitrogen and oxygen atoms in total. The van der Waals surface area contributed by atoms with E-state index in [0.29, 0.717) is 26.3 Å². The third kappa shape index (κ3) is 6.85. The second kappa shape index (κ2) is 10.4. The summed E-state index contributed by atoms with van der Waals surface area (Å²) in [6.07, 6.45) is 0. The first kappa shape index (κ1) is 17.3. The summed E-state index contributed by atoms with van der Waals surface area (Å²) in [5.74, 6) is 3.01. The summed E-state index contributed by atoms with van der Waals surface area (Å²) in [6, 6.07) is 0. The second-order valence-corrected chi connectivity index (χ2v) is 2.57. The summed E-state index contributed by atoms with van der Waals surface area (Å²) in [6.45, 7) is 2.46. The van der Waals surface area contributed by atoms with Gasteiger partial charge in [0, 0.05) is 18.0 Å². The van der Waals surface area contributed by atoms with Crippen LogP contribution >= 0.6 is 0 Å². The Kier molecular flexibility index (Phi) is 11.9. The lowest BCUT2D eigenvalue weighted by molar-refractivity contribution is -1.19. The van der Waals surface area contributed by atoms with Gasteiger partial charge in [-0.25, -0.2) is 0 Å². The van der Waals surface area contributed by atoms with Crippen molar-refractivity contribution in [3.05, 3.63) is 0 Å². The fourth-order valence-electron chi connectivity index (χ4n) is 1.06. The van der Waals surface area contributed by atoms with Crippen LogP contribution in [-0.4, -0.2) is 43.7 Å². The van der Waals surface area contributed by atoms with Crippen molar-refractivity contribution in [3.63, 3.8) is 0 Å². The van der Waals surface area contributed by atoms with Crippen LogP contribution < -0.4 is 36.4 Å². The number of halogens is 2. The molecule has 0 atom stereocenters. The molecule has 0 saturated carbocycles. The van der Waals surface area contributed by atoms with Gasteiger partial charge in [0.05, 0.1) is 13.2 Å². The fourth-order valence-corrected chi connectivity index (χ4v) is 1.06. The van der Waals surface area contributed by atoms with E-state index < -0.39 is 0 Å². The first-order valence-electron chi connectivity index (χ1n) is 4.04. The van der Waals surface area contributed by atoms with E-state index in [1.165, 1.54) is 0 Å². The van der Waals surface area contributed by atoms with Gasteiger partial charge in [-0.3, -0.25) is 4.79 Å². The molecule has 1 aliphatic rings. The third-order valence-electron chi connectivity index (χ3n) is 1.71. The van der Waals surface area contributed by atoms with Crippen LogP contribution in [0.1, 0.15) is 0 Å². The highest BCUT2D eigenvalue weighted by Crippen LogP contribution is 1.96. The SMILES string of the molecule is [Cl-].[Cl-].[NH3+]O[NH2+]OCC(=O)N1CCOCC1. The van der Waals surface area contributed by atoms with E-state index in [4.69, 9.17) is 9.57 Å². The van der Waals surface area contributed by atoms with Gasteiger partial charge >= 0.3 is 0 Å². The summed E-state index contributed by atoms with van der Waals surface area (Å²) in [7, 11) is 0. The van der Waals surface area contributed by atoms with Gasteiger partial charge in [0.25, 0.3) is 5.91 Å². The Bertz CT molecular complexity index is 168. The standard InChI is InChI=1S/C6H15N3O4.2ClH/c7-13-8-12-5-6(10)9-1-3-11-4-2-9;;/h1-5,8H2,7H3;2*1H/q+2;;/p-2. The fraction of sp³-hybridized carbons (Fsp3) is 0.833. The molecule has 0 radical (unpaired) electrons. The quantitative estimate of drug-likeness (QED) is 0.389. The molecule has 1 saturated heterocycles. The molecule has 0 aliphatic carbocycles. The maximum absolute atomic E-state index is 11.3. The molecule has 0 aromatic heterocycles. The number of rotatable bonds is 4. The van der Waals surface area contributed by atoms with Crippen LogP contribution in [0.15, 0.2) is 0 Å². The average molecular weight is 264 g/mol. The number of amides is 1. The number of hydrogen-bond acceptors (Lipinski definition) is 4. The van der Waals surface area contributed by atoms with Crippen LogP contribution in [0.2, 0.25) is 0 Å². The van der Waals surface area contributed by atoms with E-state index in [0.717, 1.165) is 5.64 Å². The Hall–Kier alpha value is -0.150. The molecule has 0 aromatic rings. The minimum atomic E-state index is -0.0587. The van der Waals surface area contributed by atoms with E-state index in [1.54, 1.807) is 4.90 Å². The van der Waals surface area contributed by atoms with Gasteiger partial charge in [0.2, 0.25) is 0 Å². The van der Waals surface area contributed by atoms with Crippen LogP contribution in [0, 0.1) is 0 Å². The first-order valence-corrected chi connectivity index (χ1v) is 4.04. The van der Waals surface area contributed by atoms with Gasteiger partial charge in [0.1, 0.15) is 0 Å².